The average Bonchev–Trinajstić information content (AvgIpc) is 3.69. The quantitative estimate of drug-likeness (QED) is 0.111. The Kier molecular flexibility index (Phi) is 11.8. The fourth-order valence-electron chi connectivity index (χ4n) is 5.72. The van der Waals surface area contributed by atoms with Crippen LogP contribution in [0.15, 0.2) is 34.1 Å². The van der Waals surface area contributed by atoms with Crippen molar-refractivity contribution in [3.8, 4) is 11.4 Å². The van der Waals surface area contributed by atoms with Crippen LogP contribution in [-0.4, -0.2) is 60.3 Å². The SMILES string of the molecule is CCCN1C(=O)COc2cc(F)c(N=c3snc4n3CC(C)(C)C4)cc21.CCOC(=O)C(Cl)Cc1cc(-n2nc(C)n(C(F)F)c2=O)c(F)cc1Cl. The molecule has 2 aromatic heterocycles. The van der Waals surface area contributed by atoms with E-state index >= 15 is 0 Å². The standard InChI is InChI=1S/C18H21FN4O2S.C15H14Cl2F3N3O3/c1-4-5-22-13-7-12(11(19)6-14(13)25-9-16(22)24)20-17-23-10-18(2,3)8-15(23)21-26-17;1-3-26-13(24)10(17)4-8-5-12(11(18)6-9(8)16)23-15(25)22(14(19)20)7(2)21-23/h6-7H,4-5,8-10H2,1-3H3;5-6,10,14H,3-4H2,1-2H3. The van der Waals surface area contributed by atoms with E-state index in [0.29, 0.717) is 27.5 Å². The molecule has 2 aliphatic heterocycles. The molecule has 0 bridgehead atoms. The molecule has 52 heavy (non-hydrogen) atoms. The van der Waals surface area contributed by atoms with E-state index in [2.05, 4.69) is 32.9 Å². The van der Waals surface area contributed by atoms with Crippen LogP contribution < -0.4 is 20.1 Å². The van der Waals surface area contributed by atoms with Crippen molar-refractivity contribution in [1.29, 1.82) is 0 Å². The van der Waals surface area contributed by atoms with Gasteiger partial charge >= 0.3 is 18.2 Å². The Bertz CT molecular complexity index is 2130. The zero-order valence-corrected chi connectivity index (χ0v) is 31.1. The van der Waals surface area contributed by atoms with Crippen LogP contribution in [0.5, 0.6) is 5.75 Å². The molecule has 1 atom stereocenters. The van der Waals surface area contributed by atoms with Crippen LogP contribution in [0.4, 0.5) is 28.9 Å². The van der Waals surface area contributed by atoms with Crippen LogP contribution in [-0.2, 0) is 33.7 Å². The van der Waals surface area contributed by atoms with Crippen molar-refractivity contribution in [1.82, 2.24) is 23.3 Å². The molecule has 0 fully saturated rings. The normalized spacial score (nSPS) is 15.6. The number of benzene rings is 2. The maximum absolute atomic E-state index is 14.6. The molecule has 4 heterocycles. The smallest absolute Gasteiger partial charge is 0.355 e. The Labute approximate surface area is 309 Å². The number of aromatic nitrogens is 5. The summed E-state index contributed by atoms with van der Waals surface area (Å²) in [6.45, 7) is 7.49. The van der Waals surface area contributed by atoms with Crippen LogP contribution in [0.1, 0.15) is 57.9 Å². The molecule has 0 N–H and O–H groups in total. The molecule has 12 nitrogen and oxygen atoms in total. The summed E-state index contributed by atoms with van der Waals surface area (Å²) in [5.41, 5.74) is -0.455. The van der Waals surface area contributed by atoms with Crippen LogP contribution in [0.3, 0.4) is 0 Å². The highest BCUT2D eigenvalue weighted by Crippen LogP contribution is 2.38. The topological polar surface area (TPSA) is 126 Å². The average molecular weight is 789 g/mol. The Balaban J connectivity index is 0.000000201. The van der Waals surface area contributed by atoms with Gasteiger partial charge in [0.25, 0.3) is 5.91 Å². The number of hydrogen-bond acceptors (Lipinski definition) is 9. The van der Waals surface area contributed by atoms with E-state index in [1.165, 1.54) is 24.5 Å². The molecule has 0 aliphatic carbocycles. The lowest BCUT2D eigenvalue weighted by molar-refractivity contribution is -0.142. The number of rotatable bonds is 9. The van der Waals surface area contributed by atoms with Gasteiger partial charge in [-0.15, -0.1) is 16.7 Å². The third-order valence-corrected chi connectivity index (χ3v) is 9.56. The number of esters is 1. The summed E-state index contributed by atoms with van der Waals surface area (Å²) in [4.78, 5) is 42.7. The second kappa shape index (κ2) is 15.8. The summed E-state index contributed by atoms with van der Waals surface area (Å²) in [6, 6.07) is 4.95. The molecule has 6 rings (SSSR count). The van der Waals surface area contributed by atoms with Crippen molar-refractivity contribution < 1.29 is 36.6 Å². The number of anilines is 1. The van der Waals surface area contributed by atoms with Gasteiger partial charge in [-0.1, -0.05) is 32.4 Å². The first-order chi connectivity index (χ1) is 24.5. The summed E-state index contributed by atoms with van der Waals surface area (Å²) in [5.74, 6) is -1.13. The van der Waals surface area contributed by atoms with Gasteiger partial charge in [-0.3, -0.25) is 9.59 Å². The fraction of sp³-hybridized carbons (Fsp3) is 0.455. The van der Waals surface area contributed by atoms with E-state index in [0.717, 1.165) is 37.3 Å². The number of nitrogens with zero attached hydrogens (tertiary/aromatic N) is 7. The molecular formula is C33H35Cl2F4N7O5S. The minimum absolute atomic E-state index is 0.0424. The van der Waals surface area contributed by atoms with Gasteiger partial charge < -0.3 is 18.9 Å². The summed E-state index contributed by atoms with van der Waals surface area (Å²) in [7, 11) is 0. The summed E-state index contributed by atoms with van der Waals surface area (Å²) < 4.78 is 72.0. The third-order valence-electron chi connectivity index (χ3n) is 8.09. The van der Waals surface area contributed by atoms with Crippen molar-refractivity contribution in [3.05, 3.63) is 73.4 Å². The highest BCUT2D eigenvalue weighted by molar-refractivity contribution is 7.02. The van der Waals surface area contributed by atoms with E-state index in [1.54, 1.807) is 17.9 Å². The first-order valence-corrected chi connectivity index (χ1v) is 17.8. The van der Waals surface area contributed by atoms with E-state index in [-0.39, 0.29) is 63.3 Å². The third kappa shape index (κ3) is 8.20. The minimum Gasteiger partial charge on any atom is -0.481 e. The Morgan fingerprint density at radius 2 is 1.87 bits per heavy atom. The zero-order valence-electron chi connectivity index (χ0n) is 28.8. The number of amides is 1. The number of carbonyl (C=O) groups is 2. The Morgan fingerprint density at radius 1 is 1.13 bits per heavy atom. The van der Waals surface area contributed by atoms with Crippen molar-refractivity contribution in [3.63, 3.8) is 0 Å². The molecule has 2 aliphatic rings. The number of halogens is 6. The predicted octanol–water partition coefficient (Wildman–Crippen LogP) is 6.28. The Hall–Kier alpha value is -4.22. The van der Waals surface area contributed by atoms with Gasteiger partial charge in [-0.2, -0.15) is 17.8 Å². The number of aryl methyl sites for hydroxylation is 1. The van der Waals surface area contributed by atoms with Crippen molar-refractivity contribution in [2.45, 2.75) is 72.4 Å². The molecule has 280 valence electrons. The monoisotopic (exact) mass is 787 g/mol. The summed E-state index contributed by atoms with van der Waals surface area (Å²) in [5, 5.41) is 2.52. The molecule has 1 amide bonds. The number of alkyl halides is 3. The van der Waals surface area contributed by atoms with Crippen LogP contribution in [0.25, 0.3) is 5.69 Å². The molecule has 2 aromatic carbocycles. The maximum Gasteiger partial charge on any atom is 0.355 e. The van der Waals surface area contributed by atoms with Gasteiger partial charge in [0.15, 0.2) is 18.2 Å². The zero-order chi connectivity index (χ0) is 38.1. The lowest BCUT2D eigenvalue weighted by Crippen LogP contribution is -2.39. The summed E-state index contributed by atoms with van der Waals surface area (Å²) >= 11 is 13.2. The molecule has 0 saturated heterocycles. The molecule has 0 radical (unpaired) electrons. The van der Waals surface area contributed by atoms with Crippen molar-refractivity contribution in [2.75, 3.05) is 24.7 Å². The molecular weight excluding hydrogens is 753 g/mol. The van der Waals surface area contributed by atoms with Gasteiger partial charge in [0.1, 0.15) is 34.2 Å². The van der Waals surface area contributed by atoms with Gasteiger partial charge in [-0.25, -0.2) is 23.1 Å². The Morgan fingerprint density at radius 3 is 2.52 bits per heavy atom. The maximum atomic E-state index is 14.6. The van der Waals surface area contributed by atoms with Gasteiger partial charge in [-0.05, 0) is 49.4 Å². The summed E-state index contributed by atoms with van der Waals surface area (Å²) in [6.07, 6.45) is 1.58. The van der Waals surface area contributed by atoms with E-state index in [9.17, 15) is 31.9 Å². The number of carbonyl (C=O) groups excluding carboxylic acids is 2. The largest absolute Gasteiger partial charge is 0.481 e. The molecule has 4 aromatic rings. The van der Waals surface area contributed by atoms with Gasteiger partial charge in [0, 0.05) is 48.6 Å². The molecule has 0 spiro atoms. The molecule has 1 unspecified atom stereocenters. The lowest BCUT2D eigenvalue weighted by Gasteiger charge is -2.29. The van der Waals surface area contributed by atoms with E-state index in [4.69, 9.17) is 32.7 Å². The highest BCUT2D eigenvalue weighted by Gasteiger charge is 2.31. The van der Waals surface area contributed by atoms with Crippen molar-refractivity contribution >= 4 is 58.0 Å². The van der Waals surface area contributed by atoms with Gasteiger partial charge in [0.2, 0.25) is 4.80 Å². The number of hydrogen-bond donors (Lipinski definition) is 0. The van der Waals surface area contributed by atoms with Crippen LogP contribution >= 0.6 is 34.7 Å². The second-order valence-electron chi connectivity index (χ2n) is 12.7. The first-order valence-electron chi connectivity index (χ1n) is 16.2. The lowest BCUT2D eigenvalue weighted by atomic mass is 9.92. The number of ether oxygens (including phenoxy) is 2. The predicted molar refractivity (Wildman–Crippen MR) is 186 cm³/mol. The van der Waals surface area contributed by atoms with Crippen LogP contribution in [0.2, 0.25) is 5.02 Å². The second-order valence-corrected chi connectivity index (χ2v) is 14.4. The molecule has 0 saturated carbocycles. The first kappa shape index (κ1) is 39.0. The molecule has 19 heteroatoms. The number of fused-ring (bicyclic) bond motifs is 2. The van der Waals surface area contributed by atoms with Crippen molar-refractivity contribution in [2.24, 2.45) is 10.4 Å². The fourth-order valence-corrected chi connectivity index (χ4v) is 6.93. The van der Waals surface area contributed by atoms with E-state index < -0.39 is 35.2 Å². The van der Waals surface area contributed by atoms with E-state index in [1.807, 2.05) is 6.92 Å². The van der Waals surface area contributed by atoms with Crippen LogP contribution in [0, 0.1) is 24.0 Å². The van der Waals surface area contributed by atoms with Gasteiger partial charge in [0.05, 0.1) is 12.3 Å². The minimum atomic E-state index is -3.12. The highest BCUT2D eigenvalue weighted by atomic mass is 35.5.